The molecule has 0 saturated carbocycles. The van der Waals surface area contributed by atoms with Gasteiger partial charge in [0.1, 0.15) is 0 Å². The van der Waals surface area contributed by atoms with Crippen LogP contribution in [0.25, 0.3) is 21.3 Å². The number of anilines is 1. The summed E-state index contributed by atoms with van der Waals surface area (Å²) in [7, 11) is 0. The number of carbonyl (C=O) groups is 4. The molecule has 8 rings (SSSR count). The highest BCUT2D eigenvalue weighted by Crippen LogP contribution is 2.43. The molecule has 210 valence electrons. The molecule has 6 nitrogen and oxygen atoms in total. The summed E-state index contributed by atoms with van der Waals surface area (Å²) in [6, 6.07) is 28.8. The van der Waals surface area contributed by atoms with Gasteiger partial charge in [0.2, 0.25) is 0 Å². The largest absolute Gasteiger partial charge is 0.321 e. The second kappa shape index (κ2) is 9.94. The molecule has 0 saturated heterocycles. The van der Waals surface area contributed by atoms with Crippen LogP contribution in [0.3, 0.4) is 0 Å². The van der Waals surface area contributed by atoms with Gasteiger partial charge in [-0.05, 0) is 54.9 Å². The van der Waals surface area contributed by atoms with Gasteiger partial charge in [-0.1, -0.05) is 78.0 Å². The van der Waals surface area contributed by atoms with Crippen molar-refractivity contribution in [1.82, 2.24) is 4.37 Å². The molecule has 0 atom stereocenters. The number of carbonyl (C=O) groups excluding carboxylic acids is 4. The Morgan fingerprint density at radius 3 is 2.23 bits per heavy atom. The molecule has 0 unspecified atom stereocenters. The van der Waals surface area contributed by atoms with Crippen LogP contribution < -0.4 is 5.32 Å². The van der Waals surface area contributed by atoms with Gasteiger partial charge in [0.15, 0.2) is 17.3 Å². The number of fused-ring (bicyclic) bond motifs is 4. The first-order chi connectivity index (χ1) is 21.4. The minimum absolute atomic E-state index is 0.106. The predicted molar refractivity (Wildman–Crippen MR) is 171 cm³/mol. The van der Waals surface area contributed by atoms with Crippen LogP contribution in [0, 0.1) is 6.92 Å². The number of nitrogens with zero attached hydrogens (tertiary/aromatic N) is 1. The fourth-order valence-corrected chi connectivity index (χ4v) is 8.05. The zero-order valence-corrected chi connectivity index (χ0v) is 24.8. The summed E-state index contributed by atoms with van der Waals surface area (Å²) in [6.07, 6.45) is 0. The molecule has 0 spiro atoms. The number of rotatable bonds is 4. The molecule has 2 aliphatic carbocycles. The highest BCUT2D eigenvalue weighted by molar-refractivity contribution is 7.99. The molecule has 1 amide bonds. The first-order valence-electron chi connectivity index (χ1n) is 13.9. The van der Waals surface area contributed by atoms with Gasteiger partial charge in [0.05, 0.1) is 27.2 Å². The van der Waals surface area contributed by atoms with Crippen LogP contribution in [0.1, 0.15) is 63.7 Å². The van der Waals surface area contributed by atoms with E-state index in [4.69, 9.17) is 0 Å². The maximum Gasteiger partial charge on any atom is 0.257 e. The number of benzene rings is 5. The molecule has 0 aliphatic heterocycles. The summed E-state index contributed by atoms with van der Waals surface area (Å²) in [5.74, 6) is -1.15. The van der Waals surface area contributed by atoms with Crippen molar-refractivity contribution in [1.29, 1.82) is 0 Å². The highest BCUT2D eigenvalue weighted by Gasteiger charge is 2.35. The van der Waals surface area contributed by atoms with E-state index in [2.05, 4.69) is 9.69 Å². The average Bonchev–Trinajstić information content (AvgIpc) is 3.48. The molecule has 44 heavy (non-hydrogen) atoms. The maximum absolute atomic E-state index is 14.0. The van der Waals surface area contributed by atoms with Crippen LogP contribution in [-0.2, 0) is 0 Å². The minimum Gasteiger partial charge on any atom is -0.321 e. The fraction of sp³-hybridized carbons (Fsp3) is 0.0278. The van der Waals surface area contributed by atoms with Gasteiger partial charge in [0, 0.05) is 48.6 Å². The smallest absolute Gasteiger partial charge is 0.257 e. The molecule has 1 heterocycles. The van der Waals surface area contributed by atoms with Gasteiger partial charge in [-0.25, -0.2) is 0 Å². The first kappa shape index (κ1) is 26.4. The maximum atomic E-state index is 14.0. The molecular formula is C36H20N2O4S2. The number of ketones is 3. The van der Waals surface area contributed by atoms with E-state index < -0.39 is 5.91 Å². The summed E-state index contributed by atoms with van der Waals surface area (Å²) in [4.78, 5) is 56.5. The van der Waals surface area contributed by atoms with Crippen LogP contribution >= 0.6 is 23.3 Å². The zero-order valence-electron chi connectivity index (χ0n) is 23.1. The Kier molecular flexibility index (Phi) is 5.97. The molecule has 0 bridgehead atoms. The van der Waals surface area contributed by atoms with Crippen LogP contribution in [0.15, 0.2) is 107 Å². The van der Waals surface area contributed by atoms with E-state index in [1.165, 1.54) is 11.8 Å². The van der Waals surface area contributed by atoms with Crippen LogP contribution in [-0.4, -0.2) is 27.6 Å². The third-order valence-corrected chi connectivity index (χ3v) is 9.97. The van der Waals surface area contributed by atoms with Crippen molar-refractivity contribution in [2.24, 2.45) is 0 Å². The number of aryl methyl sites for hydroxylation is 1. The van der Waals surface area contributed by atoms with Crippen molar-refractivity contribution in [2.45, 2.75) is 16.7 Å². The third kappa shape index (κ3) is 3.92. The van der Waals surface area contributed by atoms with E-state index in [0.29, 0.717) is 48.5 Å². The van der Waals surface area contributed by atoms with Crippen molar-refractivity contribution in [3.05, 3.63) is 142 Å². The van der Waals surface area contributed by atoms with Crippen molar-refractivity contribution in [2.75, 3.05) is 5.32 Å². The summed E-state index contributed by atoms with van der Waals surface area (Å²) in [5.41, 5.74) is 5.29. The van der Waals surface area contributed by atoms with E-state index in [0.717, 1.165) is 27.6 Å². The number of nitrogens with one attached hydrogen (secondary N) is 1. The quantitative estimate of drug-likeness (QED) is 0.218. The van der Waals surface area contributed by atoms with Gasteiger partial charge in [-0.15, -0.1) is 0 Å². The van der Waals surface area contributed by atoms with Crippen LogP contribution in [0.4, 0.5) is 5.69 Å². The van der Waals surface area contributed by atoms with Crippen molar-refractivity contribution in [3.8, 4) is 11.3 Å². The number of hydrogen-bond acceptors (Lipinski definition) is 7. The molecule has 6 aromatic rings. The summed E-state index contributed by atoms with van der Waals surface area (Å²) >= 11 is 2.61. The second-order valence-electron chi connectivity index (χ2n) is 10.7. The number of amides is 1. The predicted octanol–water partition coefficient (Wildman–Crippen LogP) is 8.00. The first-order valence-corrected chi connectivity index (χ1v) is 15.5. The standard InChI is InChI=1S/C36H20N2O4S2/c1-18-7-4-8-19(17-18)43-27-14-6-12-23-29(27)34(41)22-11-5-13-26(28(22)33(23)40)37-36(42)25-16-15-24-30-31(38-44-35(25)30)20-9-2-3-10-21(20)32(24)39/h2-17H,1H3,(H,37,42). The van der Waals surface area contributed by atoms with E-state index in [9.17, 15) is 19.2 Å². The summed E-state index contributed by atoms with van der Waals surface area (Å²) < 4.78 is 5.21. The second-order valence-corrected chi connectivity index (χ2v) is 12.6. The molecule has 1 aromatic heterocycles. The van der Waals surface area contributed by atoms with Crippen molar-refractivity contribution >= 4 is 62.3 Å². The molecule has 1 N–H and O–H groups in total. The summed E-state index contributed by atoms with van der Waals surface area (Å²) in [6.45, 7) is 2.01. The average molecular weight is 609 g/mol. The van der Waals surface area contributed by atoms with Crippen molar-refractivity contribution < 1.29 is 19.2 Å². The lowest BCUT2D eigenvalue weighted by Crippen LogP contribution is -2.24. The Morgan fingerprint density at radius 1 is 0.705 bits per heavy atom. The SMILES string of the molecule is Cc1cccc(Sc2cccc3c2C(=O)c2cccc(NC(=O)c4ccc5c6c(nsc46)-c4ccccc4C5=O)c2C3=O)c1. The van der Waals surface area contributed by atoms with E-state index in [1.54, 1.807) is 48.5 Å². The third-order valence-electron chi connectivity index (χ3n) is 8.04. The molecule has 8 heteroatoms. The molecular weight excluding hydrogens is 589 g/mol. The molecule has 2 aliphatic rings. The Bertz CT molecular complexity index is 2280. The lowest BCUT2D eigenvalue weighted by atomic mass is 9.83. The van der Waals surface area contributed by atoms with Crippen LogP contribution in [0.2, 0.25) is 0 Å². The molecule has 5 aromatic carbocycles. The van der Waals surface area contributed by atoms with Crippen molar-refractivity contribution in [3.63, 3.8) is 0 Å². The molecule has 0 fully saturated rings. The Hall–Kier alpha value is -5.18. The lowest BCUT2D eigenvalue weighted by molar-refractivity contribution is 0.0976. The minimum atomic E-state index is -0.457. The monoisotopic (exact) mass is 608 g/mol. The van der Waals surface area contributed by atoms with Crippen LogP contribution in [0.5, 0.6) is 0 Å². The Balaban J connectivity index is 1.17. The van der Waals surface area contributed by atoms with Gasteiger partial charge >= 0.3 is 0 Å². The highest BCUT2D eigenvalue weighted by atomic mass is 32.2. The number of aromatic nitrogens is 1. The number of hydrogen-bond donors (Lipinski definition) is 1. The van der Waals surface area contributed by atoms with E-state index in [-0.39, 0.29) is 34.2 Å². The van der Waals surface area contributed by atoms with Gasteiger partial charge in [0.25, 0.3) is 5.91 Å². The lowest BCUT2D eigenvalue weighted by Gasteiger charge is -2.22. The molecule has 0 radical (unpaired) electrons. The zero-order chi connectivity index (χ0) is 30.1. The normalized spacial score (nSPS) is 13.0. The Labute approximate surface area is 259 Å². The van der Waals surface area contributed by atoms with E-state index in [1.807, 2.05) is 55.5 Å². The summed E-state index contributed by atoms with van der Waals surface area (Å²) in [5, 5.41) is 3.55. The van der Waals surface area contributed by atoms with Gasteiger partial charge < -0.3 is 5.32 Å². The van der Waals surface area contributed by atoms with Gasteiger partial charge in [-0.2, -0.15) is 4.37 Å². The van der Waals surface area contributed by atoms with Gasteiger partial charge in [-0.3, -0.25) is 19.2 Å². The fourth-order valence-electron chi connectivity index (χ4n) is 6.03. The van der Waals surface area contributed by atoms with E-state index >= 15 is 0 Å². The topological polar surface area (TPSA) is 93.2 Å². The Morgan fingerprint density at radius 2 is 1.41 bits per heavy atom.